The first-order valence-corrected chi connectivity index (χ1v) is 7.31. The molecule has 0 atom stereocenters. The molecule has 26 heavy (non-hydrogen) atoms. The fraction of sp³-hybridized carbons (Fsp3) is 0.235. The lowest BCUT2D eigenvalue weighted by atomic mass is 10.1. The standard InChI is InChI=1S/C17H16F4N2O2.ClH/c1-25-16(24)13-9-11(17(19,20)21)2-4-15(13)23-14-5-3-12(18)8-10(14)6-7-22;/h2-5,8-9,23H,6-7,22H2,1H3;1H. The smallest absolute Gasteiger partial charge is 0.416 e. The number of alkyl halides is 3. The maximum absolute atomic E-state index is 13.4. The fourth-order valence-corrected chi connectivity index (χ4v) is 2.30. The molecule has 2 aromatic rings. The molecule has 4 nitrogen and oxygen atoms in total. The predicted octanol–water partition coefficient (Wildman–Crippen LogP) is 4.30. The van der Waals surface area contributed by atoms with Crippen LogP contribution in [-0.4, -0.2) is 19.6 Å². The second kappa shape index (κ2) is 8.86. The largest absolute Gasteiger partial charge is 0.465 e. The van der Waals surface area contributed by atoms with Crippen LogP contribution >= 0.6 is 12.4 Å². The molecule has 0 aromatic heterocycles. The molecule has 0 saturated carbocycles. The summed E-state index contributed by atoms with van der Waals surface area (Å²) in [6, 6.07) is 6.59. The van der Waals surface area contributed by atoms with Gasteiger partial charge in [0.25, 0.3) is 0 Å². The molecule has 142 valence electrons. The number of nitrogens with two attached hydrogens (primary N) is 1. The van der Waals surface area contributed by atoms with Crippen LogP contribution in [-0.2, 0) is 17.3 Å². The van der Waals surface area contributed by atoms with Gasteiger partial charge in [0.05, 0.1) is 23.9 Å². The molecule has 0 saturated heterocycles. The Hall–Kier alpha value is -2.32. The summed E-state index contributed by atoms with van der Waals surface area (Å²) in [5.41, 5.74) is 5.34. The zero-order valence-electron chi connectivity index (χ0n) is 13.7. The van der Waals surface area contributed by atoms with E-state index < -0.39 is 23.5 Å². The van der Waals surface area contributed by atoms with Gasteiger partial charge >= 0.3 is 12.1 Å². The van der Waals surface area contributed by atoms with Crippen molar-refractivity contribution >= 4 is 29.8 Å². The highest BCUT2D eigenvalue weighted by atomic mass is 35.5. The summed E-state index contributed by atoms with van der Waals surface area (Å²) >= 11 is 0. The van der Waals surface area contributed by atoms with E-state index in [9.17, 15) is 22.4 Å². The number of hydrogen-bond donors (Lipinski definition) is 2. The number of halogens is 5. The molecule has 0 aliphatic carbocycles. The molecule has 0 spiro atoms. The number of esters is 1. The molecule has 0 amide bonds. The summed E-state index contributed by atoms with van der Waals surface area (Å²) in [6.45, 7) is 0.259. The number of anilines is 2. The van der Waals surface area contributed by atoms with Gasteiger partial charge in [-0.25, -0.2) is 9.18 Å². The zero-order chi connectivity index (χ0) is 18.6. The van der Waals surface area contributed by atoms with E-state index in [0.29, 0.717) is 23.7 Å². The van der Waals surface area contributed by atoms with Crippen LogP contribution in [0.1, 0.15) is 21.5 Å². The highest BCUT2D eigenvalue weighted by Gasteiger charge is 2.32. The van der Waals surface area contributed by atoms with Crippen molar-refractivity contribution in [2.75, 3.05) is 19.0 Å². The van der Waals surface area contributed by atoms with E-state index in [-0.39, 0.29) is 30.2 Å². The van der Waals surface area contributed by atoms with E-state index in [1.54, 1.807) is 0 Å². The molecule has 0 unspecified atom stereocenters. The molecule has 2 aromatic carbocycles. The van der Waals surface area contributed by atoms with Crippen LogP contribution in [0.25, 0.3) is 0 Å². The average molecular weight is 393 g/mol. The van der Waals surface area contributed by atoms with Gasteiger partial charge in [-0.2, -0.15) is 13.2 Å². The van der Waals surface area contributed by atoms with E-state index in [0.717, 1.165) is 19.2 Å². The third-order valence-corrected chi connectivity index (χ3v) is 3.50. The summed E-state index contributed by atoms with van der Waals surface area (Å²) in [4.78, 5) is 11.9. The summed E-state index contributed by atoms with van der Waals surface area (Å²) in [5.74, 6) is -1.38. The Morgan fingerprint density at radius 1 is 1.15 bits per heavy atom. The number of hydrogen-bond acceptors (Lipinski definition) is 4. The number of ether oxygens (including phenoxy) is 1. The summed E-state index contributed by atoms with van der Waals surface area (Å²) < 4.78 is 56.6. The number of benzene rings is 2. The quantitative estimate of drug-likeness (QED) is 0.588. The van der Waals surface area contributed by atoms with E-state index in [1.807, 2.05) is 0 Å². The van der Waals surface area contributed by atoms with E-state index in [4.69, 9.17) is 5.73 Å². The molecule has 9 heteroatoms. The topological polar surface area (TPSA) is 64.3 Å². The lowest BCUT2D eigenvalue weighted by Crippen LogP contribution is -2.12. The van der Waals surface area contributed by atoms with Crippen LogP contribution in [0.4, 0.5) is 28.9 Å². The monoisotopic (exact) mass is 392 g/mol. The molecule has 0 fully saturated rings. The van der Waals surface area contributed by atoms with Gasteiger partial charge in [0.15, 0.2) is 0 Å². The van der Waals surface area contributed by atoms with Crippen LogP contribution in [0.5, 0.6) is 0 Å². The van der Waals surface area contributed by atoms with Gasteiger partial charge in [0.2, 0.25) is 0 Å². The Balaban J connectivity index is 0.00000338. The molecular weight excluding hydrogens is 376 g/mol. The maximum atomic E-state index is 13.4. The Morgan fingerprint density at radius 2 is 1.81 bits per heavy atom. The molecule has 2 rings (SSSR count). The van der Waals surface area contributed by atoms with Crippen molar-refractivity contribution in [2.45, 2.75) is 12.6 Å². The number of carbonyl (C=O) groups excluding carboxylic acids is 1. The summed E-state index contributed by atoms with van der Waals surface area (Å²) in [7, 11) is 1.07. The first kappa shape index (κ1) is 21.7. The van der Waals surface area contributed by atoms with Gasteiger partial charge < -0.3 is 15.8 Å². The molecular formula is C17H17ClF4N2O2. The van der Waals surface area contributed by atoms with E-state index in [1.165, 1.54) is 18.2 Å². The maximum Gasteiger partial charge on any atom is 0.416 e. The number of carbonyl (C=O) groups is 1. The number of nitrogens with one attached hydrogen (secondary N) is 1. The molecule has 0 heterocycles. The van der Waals surface area contributed by atoms with Crippen molar-refractivity contribution in [3.05, 3.63) is 58.9 Å². The lowest BCUT2D eigenvalue weighted by molar-refractivity contribution is -0.137. The minimum Gasteiger partial charge on any atom is -0.465 e. The molecule has 3 N–H and O–H groups in total. The lowest BCUT2D eigenvalue weighted by Gasteiger charge is -2.16. The van der Waals surface area contributed by atoms with Crippen molar-refractivity contribution in [1.82, 2.24) is 0 Å². The third kappa shape index (κ3) is 5.09. The molecule has 0 aliphatic heterocycles. The van der Waals surface area contributed by atoms with Gasteiger partial charge in [-0.05, 0) is 54.9 Å². The van der Waals surface area contributed by atoms with Gasteiger partial charge in [-0.1, -0.05) is 0 Å². The number of rotatable bonds is 5. The molecule has 0 aliphatic rings. The zero-order valence-corrected chi connectivity index (χ0v) is 14.5. The fourth-order valence-electron chi connectivity index (χ4n) is 2.30. The minimum absolute atomic E-state index is 0. The normalized spacial score (nSPS) is 10.8. The van der Waals surface area contributed by atoms with Crippen LogP contribution < -0.4 is 11.1 Å². The van der Waals surface area contributed by atoms with E-state index in [2.05, 4.69) is 10.1 Å². The second-order valence-electron chi connectivity index (χ2n) is 5.21. The average Bonchev–Trinajstić information content (AvgIpc) is 2.56. The van der Waals surface area contributed by atoms with Crippen LogP contribution in [0, 0.1) is 5.82 Å². The highest BCUT2D eigenvalue weighted by Crippen LogP contribution is 2.33. The van der Waals surface area contributed by atoms with Gasteiger partial charge in [0.1, 0.15) is 5.82 Å². The van der Waals surface area contributed by atoms with Crippen molar-refractivity contribution < 1.29 is 27.1 Å². The number of methoxy groups -OCH3 is 1. The van der Waals surface area contributed by atoms with Crippen molar-refractivity contribution in [2.24, 2.45) is 5.73 Å². The van der Waals surface area contributed by atoms with Crippen LogP contribution in [0.2, 0.25) is 0 Å². The summed E-state index contributed by atoms with van der Waals surface area (Å²) in [6.07, 6.45) is -4.24. The summed E-state index contributed by atoms with van der Waals surface area (Å²) in [5, 5.41) is 2.86. The third-order valence-electron chi connectivity index (χ3n) is 3.50. The Bertz CT molecular complexity index is 782. The van der Waals surface area contributed by atoms with E-state index >= 15 is 0 Å². The van der Waals surface area contributed by atoms with Crippen LogP contribution in [0.15, 0.2) is 36.4 Å². The minimum atomic E-state index is -4.60. The second-order valence-corrected chi connectivity index (χ2v) is 5.21. The van der Waals surface area contributed by atoms with Crippen molar-refractivity contribution in [3.63, 3.8) is 0 Å². The first-order valence-electron chi connectivity index (χ1n) is 7.31. The Labute approximate surface area is 153 Å². The SMILES string of the molecule is COC(=O)c1cc(C(F)(F)F)ccc1Nc1ccc(F)cc1CCN.Cl. The van der Waals surface area contributed by atoms with Gasteiger partial charge in [-0.3, -0.25) is 0 Å². The predicted molar refractivity (Wildman–Crippen MR) is 92.5 cm³/mol. The van der Waals surface area contributed by atoms with Crippen molar-refractivity contribution in [1.29, 1.82) is 0 Å². The Kier molecular flexibility index (Phi) is 7.41. The first-order chi connectivity index (χ1) is 11.8. The van der Waals surface area contributed by atoms with Crippen LogP contribution in [0.3, 0.4) is 0 Å². The van der Waals surface area contributed by atoms with Gasteiger partial charge in [0, 0.05) is 5.69 Å². The highest BCUT2D eigenvalue weighted by molar-refractivity contribution is 5.97. The van der Waals surface area contributed by atoms with Gasteiger partial charge in [-0.15, -0.1) is 12.4 Å². The van der Waals surface area contributed by atoms with Crippen molar-refractivity contribution in [3.8, 4) is 0 Å². The molecule has 0 radical (unpaired) electrons. The Morgan fingerprint density at radius 3 is 2.38 bits per heavy atom. The molecule has 0 bridgehead atoms.